The van der Waals surface area contributed by atoms with Gasteiger partial charge in [-0.15, -0.1) is 0 Å². The standard InChI is InChI=1S/C26H28O7/c1-30-18-11-16(6-4-15-5-8-20(27)25(10-15)32-3)19-14-22(29)26(33-24(19)13-18)17-7-9-23(31-2)21(28)12-17/h5,7-13,22,26-29H,4,6,14H2,1-3H3/t22-,26+/m1/s1. The minimum Gasteiger partial charge on any atom is -0.504 e. The van der Waals surface area contributed by atoms with Gasteiger partial charge in [-0.05, 0) is 59.9 Å². The summed E-state index contributed by atoms with van der Waals surface area (Å²) in [6, 6.07) is 14.1. The van der Waals surface area contributed by atoms with E-state index in [2.05, 4.69) is 0 Å². The van der Waals surface area contributed by atoms with Gasteiger partial charge in [0.05, 0.1) is 27.4 Å². The van der Waals surface area contributed by atoms with Crippen LogP contribution in [-0.4, -0.2) is 42.8 Å². The zero-order chi connectivity index (χ0) is 23.5. The first-order chi connectivity index (χ1) is 15.9. The fourth-order valence-corrected chi connectivity index (χ4v) is 4.22. The third-order valence-corrected chi connectivity index (χ3v) is 5.99. The molecule has 7 nitrogen and oxygen atoms in total. The number of benzene rings is 3. The minimum absolute atomic E-state index is 0.00717. The molecule has 0 aliphatic carbocycles. The predicted molar refractivity (Wildman–Crippen MR) is 123 cm³/mol. The summed E-state index contributed by atoms with van der Waals surface area (Å²) >= 11 is 0. The number of fused-ring (bicyclic) bond motifs is 1. The molecule has 0 saturated carbocycles. The van der Waals surface area contributed by atoms with Crippen molar-refractivity contribution in [1.82, 2.24) is 0 Å². The van der Waals surface area contributed by atoms with E-state index in [-0.39, 0.29) is 11.5 Å². The number of hydrogen-bond acceptors (Lipinski definition) is 7. The number of phenolic OH excluding ortho intramolecular Hbond substituents is 2. The van der Waals surface area contributed by atoms with E-state index in [0.29, 0.717) is 47.8 Å². The zero-order valence-electron chi connectivity index (χ0n) is 18.9. The second-order valence-electron chi connectivity index (χ2n) is 8.01. The van der Waals surface area contributed by atoms with Crippen LogP contribution in [0.4, 0.5) is 0 Å². The molecular weight excluding hydrogens is 424 g/mol. The van der Waals surface area contributed by atoms with Crippen molar-refractivity contribution in [3.8, 4) is 34.5 Å². The minimum atomic E-state index is -0.786. The van der Waals surface area contributed by atoms with Crippen molar-refractivity contribution in [1.29, 1.82) is 0 Å². The maximum Gasteiger partial charge on any atom is 0.160 e. The molecule has 2 atom stereocenters. The Morgan fingerprint density at radius 2 is 1.64 bits per heavy atom. The van der Waals surface area contributed by atoms with Crippen LogP contribution in [0.1, 0.15) is 28.4 Å². The number of aliphatic hydroxyl groups excluding tert-OH is 1. The summed E-state index contributed by atoms with van der Waals surface area (Å²) in [7, 11) is 4.61. The highest BCUT2D eigenvalue weighted by Gasteiger charge is 2.32. The molecule has 0 saturated heterocycles. The van der Waals surface area contributed by atoms with Gasteiger partial charge in [0.15, 0.2) is 23.0 Å². The van der Waals surface area contributed by atoms with E-state index in [0.717, 1.165) is 16.7 Å². The molecular formula is C26H28O7. The lowest BCUT2D eigenvalue weighted by Gasteiger charge is -2.32. The Morgan fingerprint density at radius 3 is 2.33 bits per heavy atom. The first-order valence-corrected chi connectivity index (χ1v) is 10.7. The van der Waals surface area contributed by atoms with Crippen molar-refractivity contribution in [2.45, 2.75) is 31.5 Å². The molecule has 3 aromatic rings. The van der Waals surface area contributed by atoms with E-state index in [1.807, 2.05) is 24.3 Å². The number of phenols is 2. The highest BCUT2D eigenvalue weighted by atomic mass is 16.5. The molecule has 0 fully saturated rings. The maximum absolute atomic E-state index is 10.9. The van der Waals surface area contributed by atoms with Gasteiger partial charge in [0.2, 0.25) is 0 Å². The molecule has 174 valence electrons. The number of ether oxygens (including phenoxy) is 4. The van der Waals surface area contributed by atoms with Crippen LogP contribution in [0.3, 0.4) is 0 Å². The average molecular weight is 453 g/mol. The number of methoxy groups -OCH3 is 3. The lowest BCUT2D eigenvalue weighted by atomic mass is 9.89. The van der Waals surface area contributed by atoms with Gasteiger partial charge >= 0.3 is 0 Å². The van der Waals surface area contributed by atoms with Gasteiger partial charge in [0.25, 0.3) is 0 Å². The highest BCUT2D eigenvalue weighted by molar-refractivity contribution is 5.50. The van der Waals surface area contributed by atoms with Crippen LogP contribution in [0.15, 0.2) is 48.5 Å². The summed E-state index contributed by atoms with van der Waals surface area (Å²) in [5, 5.41) is 30.9. The molecule has 1 heterocycles. The van der Waals surface area contributed by atoms with Crippen LogP contribution in [0, 0.1) is 0 Å². The summed E-state index contributed by atoms with van der Waals surface area (Å²) in [6.45, 7) is 0. The van der Waals surface area contributed by atoms with E-state index >= 15 is 0 Å². The Labute approximate surface area is 192 Å². The number of aromatic hydroxyl groups is 2. The van der Waals surface area contributed by atoms with Crippen LogP contribution in [-0.2, 0) is 19.3 Å². The molecule has 0 unspecified atom stereocenters. The number of aryl methyl sites for hydroxylation is 2. The molecule has 0 amide bonds. The van der Waals surface area contributed by atoms with E-state index in [9.17, 15) is 15.3 Å². The molecule has 1 aliphatic rings. The van der Waals surface area contributed by atoms with Crippen LogP contribution in [0.2, 0.25) is 0 Å². The Morgan fingerprint density at radius 1 is 0.848 bits per heavy atom. The van der Waals surface area contributed by atoms with Gasteiger partial charge in [0.1, 0.15) is 17.6 Å². The second kappa shape index (κ2) is 9.50. The van der Waals surface area contributed by atoms with Gasteiger partial charge in [-0.2, -0.15) is 0 Å². The van der Waals surface area contributed by atoms with Gasteiger partial charge in [-0.3, -0.25) is 0 Å². The number of rotatable bonds is 7. The van der Waals surface area contributed by atoms with Crippen molar-refractivity contribution >= 4 is 0 Å². The van der Waals surface area contributed by atoms with Gasteiger partial charge in [0, 0.05) is 18.1 Å². The van der Waals surface area contributed by atoms with E-state index in [4.69, 9.17) is 18.9 Å². The molecule has 3 aromatic carbocycles. The molecule has 4 rings (SSSR count). The molecule has 3 N–H and O–H groups in total. The summed E-state index contributed by atoms with van der Waals surface area (Å²) in [6.07, 6.45) is 0.395. The summed E-state index contributed by atoms with van der Waals surface area (Å²) in [4.78, 5) is 0. The summed E-state index contributed by atoms with van der Waals surface area (Å²) < 4.78 is 22.0. The van der Waals surface area contributed by atoms with Crippen molar-refractivity contribution in [2.75, 3.05) is 21.3 Å². The third-order valence-electron chi connectivity index (χ3n) is 5.99. The van der Waals surface area contributed by atoms with Crippen LogP contribution < -0.4 is 18.9 Å². The SMILES string of the molecule is COc1cc(CCc2ccc(O)c(OC)c2)c2c(c1)O[C@@H](c1ccc(OC)c(O)c1)[C@H](O)C2. The van der Waals surface area contributed by atoms with Crippen molar-refractivity contribution in [2.24, 2.45) is 0 Å². The van der Waals surface area contributed by atoms with Gasteiger partial charge in [-0.25, -0.2) is 0 Å². The van der Waals surface area contributed by atoms with E-state index in [1.165, 1.54) is 14.2 Å². The highest BCUT2D eigenvalue weighted by Crippen LogP contribution is 2.41. The van der Waals surface area contributed by atoms with E-state index in [1.54, 1.807) is 31.4 Å². The summed E-state index contributed by atoms with van der Waals surface area (Å²) in [5.74, 6) is 2.21. The quantitative estimate of drug-likeness (QED) is 0.499. The van der Waals surface area contributed by atoms with Crippen molar-refractivity contribution < 1.29 is 34.3 Å². The monoisotopic (exact) mass is 452 g/mol. The normalized spacial score (nSPS) is 17.1. The number of aliphatic hydroxyl groups is 1. The fraction of sp³-hybridized carbons (Fsp3) is 0.308. The molecule has 33 heavy (non-hydrogen) atoms. The molecule has 1 aliphatic heterocycles. The smallest absolute Gasteiger partial charge is 0.160 e. The van der Waals surface area contributed by atoms with Crippen LogP contribution in [0.25, 0.3) is 0 Å². The first kappa shape index (κ1) is 22.6. The first-order valence-electron chi connectivity index (χ1n) is 10.7. The van der Waals surface area contributed by atoms with E-state index < -0.39 is 12.2 Å². The van der Waals surface area contributed by atoms with Gasteiger partial charge < -0.3 is 34.3 Å². The predicted octanol–water partition coefficient (Wildman–Crippen LogP) is 3.95. The second-order valence-corrected chi connectivity index (χ2v) is 8.01. The largest absolute Gasteiger partial charge is 0.504 e. The van der Waals surface area contributed by atoms with Crippen LogP contribution >= 0.6 is 0 Å². The molecule has 7 heteroatoms. The fourth-order valence-electron chi connectivity index (χ4n) is 4.22. The zero-order valence-corrected chi connectivity index (χ0v) is 18.9. The molecule has 0 radical (unpaired) electrons. The third kappa shape index (κ3) is 4.64. The Hall–Kier alpha value is -3.58. The maximum atomic E-state index is 10.9. The topological polar surface area (TPSA) is 97.6 Å². The van der Waals surface area contributed by atoms with Gasteiger partial charge in [-0.1, -0.05) is 12.1 Å². The Kier molecular flexibility index (Phi) is 6.51. The van der Waals surface area contributed by atoms with Crippen molar-refractivity contribution in [3.63, 3.8) is 0 Å². The Bertz CT molecular complexity index is 1140. The molecule has 0 aromatic heterocycles. The lowest BCUT2D eigenvalue weighted by molar-refractivity contribution is 0.0202. The molecule has 0 spiro atoms. The lowest BCUT2D eigenvalue weighted by Crippen LogP contribution is -2.31. The average Bonchev–Trinajstić information content (AvgIpc) is 2.82. The van der Waals surface area contributed by atoms with Crippen molar-refractivity contribution in [3.05, 3.63) is 70.8 Å². The van der Waals surface area contributed by atoms with Crippen LogP contribution in [0.5, 0.6) is 34.5 Å². The summed E-state index contributed by atoms with van der Waals surface area (Å²) in [5.41, 5.74) is 3.63. The number of hydrogen-bond donors (Lipinski definition) is 3. The Balaban J connectivity index is 1.61. The molecule has 0 bridgehead atoms.